The Morgan fingerprint density at radius 3 is 2.36 bits per heavy atom. The highest BCUT2D eigenvalue weighted by Gasteiger charge is 2.27. The molecule has 0 atom stereocenters. The molecule has 0 spiro atoms. The first-order valence-corrected chi connectivity index (χ1v) is 5.09. The highest BCUT2D eigenvalue weighted by Crippen LogP contribution is 2.27. The summed E-state index contributed by atoms with van der Waals surface area (Å²) in [5.74, 6) is -2.25. The van der Waals surface area contributed by atoms with E-state index in [9.17, 15) is 8.78 Å². The molecule has 0 radical (unpaired) electrons. The first-order chi connectivity index (χ1) is 6.39. The van der Waals surface area contributed by atoms with E-state index in [1.54, 1.807) is 7.05 Å². The SMILES string of the molecule is C=C(CCC(F)(F)CCNC)C(C)C. The zero-order valence-electron chi connectivity index (χ0n) is 9.37. The van der Waals surface area contributed by atoms with Gasteiger partial charge >= 0.3 is 0 Å². The second-order valence-corrected chi connectivity index (χ2v) is 4.02. The lowest BCUT2D eigenvalue weighted by molar-refractivity contribution is -0.0151. The lowest BCUT2D eigenvalue weighted by Crippen LogP contribution is -2.23. The van der Waals surface area contributed by atoms with Crippen LogP contribution in [0.15, 0.2) is 12.2 Å². The standard InChI is InChI=1S/C11H21F2N/c1-9(2)10(3)5-6-11(12,13)7-8-14-4/h9,14H,3,5-8H2,1-2,4H3. The van der Waals surface area contributed by atoms with Gasteiger partial charge in [-0.05, 0) is 19.4 Å². The molecule has 0 saturated carbocycles. The molecule has 0 rings (SSSR count). The van der Waals surface area contributed by atoms with Gasteiger partial charge in [0.05, 0.1) is 0 Å². The van der Waals surface area contributed by atoms with Gasteiger partial charge in [-0.2, -0.15) is 0 Å². The molecule has 0 aromatic rings. The fourth-order valence-electron chi connectivity index (χ4n) is 1.06. The van der Waals surface area contributed by atoms with Crippen LogP contribution in [0, 0.1) is 5.92 Å². The number of hydrogen-bond donors (Lipinski definition) is 1. The fraction of sp³-hybridized carbons (Fsp3) is 0.818. The van der Waals surface area contributed by atoms with Crippen molar-refractivity contribution in [2.45, 2.75) is 39.0 Å². The van der Waals surface area contributed by atoms with Gasteiger partial charge in [0, 0.05) is 19.4 Å². The molecule has 1 N–H and O–H groups in total. The Morgan fingerprint density at radius 1 is 1.36 bits per heavy atom. The minimum Gasteiger partial charge on any atom is -0.320 e. The Labute approximate surface area is 85.6 Å². The number of allylic oxidation sites excluding steroid dienone is 1. The van der Waals surface area contributed by atoms with Crippen LogP contribution in [0.5, 0.6) is 0 Å². The zero-order chi connectivity index (χ0) is 11.2. The Morgan fingerprint density at radius 2 is 1.93 bits per heavy atom. The average molecular weight is 205 g/mol. The number of rotatable bonds is 7. The van der Waals surface area contributed by atoms with Gasteiger partial charge in [0.1, 0.15) is 0 Å². The molecular weight excluding hydrogens is 184 g/mol. The van der Waals surface area contributed by atoms with Crippen molar-refractivity contribution in [1.82, 2.24) is 5.32 Å². The van der Waals surface area contributed by atoms with Gasteiger partial charge in [-0.3, -0.25) is 0 Å². The third-order valence-electron chi connectivity index (χ3n) is 2.37. The second-order valence-electron chi connectivity index (χ2n) is 4.02. The van der Waals surface area contributed by atoms with Gasteiger partial charge < -0.3 is 5.32 Å². The van der Waals surface area contributed by atoms with Crippen molar-refractivity contribution in [3.63, 3.8) is 0 Å². The summed E-state index contributed by atoms with van der Waals surface area (Å²) in [5.41, 5.74) is 0.911. The van der Waals surface area contributed by atoms with Crippen LogP contribution in [0.3, 0.4) is 0 Å². The van der Waals surface area contributed by atoms with E-state index in [4.69, 9.17) is 0 Å². The van der Waals surface area contributed by atoms with Gasteiger partial charge in [-0.1, -0.05) is 26.0 Å². The first-order valence-electron chi connectivity index (χ1n) is 5.09. The summed E-state index contributed by atoms with van der Waals surface area (Å²) >= 11 is 0. The molecule has 14 heavy (non-hydrogen) atoms. The molecule has 0 aromatic carbocycles. The third kappa shape index (κ3) is 6.08. The molecule has 0 amide bonds. The van der Waals surface area contributed by atoms with E-state index in [-0.39, 0.29) is 12.8 Å². The first kappa shape index (κ1) is 13.6. The van der Waals surface area contributed by atoms with Crippen molar-refractivity contribution in [3.05, 3.63) is 12.2 Å². The average Bonchev–Trinajstić information content (AvgIpc) is 2.11. The number of alkyl halides is 2. The fourth-order valence-corrected chi connectivity index (χ4v) is 1.06. The zero-order valence-corrected chi connectivity index (χ0v) is 9.37. The van der Waals surface area contributed by atoms with Gasteiger partial charge in [0.25, 0.3) is 0 Å². The molecule has 0 aromatic heterocycles. The van der Waals surface area contributed by atoms with Crippen molar-refractivity contribution in [2.75, 3.05) is 13.6 Å². The molecule has 0 fully saturated rings. The summed E-state index contributed by atoms with van der Waals surface area (Å²) in [4.78, 5) is 0. The summed E-state index contributed by atoms with van der Waals surface area (Å²) in [7, 11) is 1.68. The van der Waals surface area contributed by atoms with E-state index in [0.29, 0.717) is 18.9 Å². The predicted octanol–water partition coefficient (Wildman–Crippen LogP) is 3.22. The number of nitrogens with one attached hydrogen (secondary N) is 1. The summed E-state index contributed by atoms with van der Waals surface area (Å²) in [6, 6.07) is 0. The smallest absolute Gasteiger partial charge is 0.249 e. The highest BCUT2D eigenvalue weighted by atomic mass is 19.3. The summed E-state index contributed by atoms with van der Waals surface area (Å²) in [5, 5.41) is 2.73. The molecule has 0 bridgehead atoms. The van der Waals surface area contributed by atoms with Crippen LogP contribution in [0.2, 0.25) is 0 Å². The van der Waals surface area contributed by atoms with Crippen LogP contribution in [-0.2, 0) is 0 Å². The topological polar surface area (TPSA) is 12.0 Å². The molecule has 0 aliphatic carbocycles. The van der Waals surface area contributed by atoms with Crippen molar-refractivity contribution >= 4 is 0 Å². The Hall–Kier alpha value is -0.440. The highest BCUT2D eigenvalue weighted by molar-refractivity contribution is 4.98. The maximum atomic E-state index is 13.2. The van der Waals surface area contributed by atoms with Crippen molar-refractivity contribution in [1.29, 1.82) is 0 Å². The van der Waals surface area contributed by atoms with Crippen LogP contribution < -0.4 is 5.32 Å². The van der Waals surface area contributed by atoms with Crippen LogP contribution >= 0.6 is 0 Å². The monoisotopic (exact) mass is 205 g/mol. The summed E-state index contributed by atoms with van der Waals surface area (Å²) in [6.45, 7) is 8.11. The molecule has 0 saturated heterocycles. The number of halogens is 2. The van der Waals surface area contributed by atoms with Crippen LogP contribution in [0.4, 0.5) is 8.78 Å². The molecule has 84 valence electrons. The van der Waals surface area contributed by atoms with E-state index in [2.05, 4.69) is 11.9 Å². The van der Waals surface area contributed by atoms with E-state index in [1.807, 2.05) is 13.8 Å². The van der Waals surface area contributed by atoms with Crippen LogP contribution in [0.1, 0.15) is 33.1 Å². The molecule has 0 aliphatic rings. The van der Waals surface area contributed by atoms with Crippen LogP contribution in [-0.4, -0.2) is 19.5 Å². The third-order valence-corrected chi connectivity index (χ3v) is 2.37. The second kappa shape index (κ2) is 6.12. The molecule has 0 heterocycles. The van der Waals surface area contributed by atoms with Crippen LogP contribution in [0.25, 0.3) is 0 Å². The molecule has 0 aliphatic heterocycles. The minimum absolute atomic E-state index is 0.0777. The largest absolute Gasteiger partial charge is 0.320 e. The Kier molecular flexibility index (Phi) is 5.93. The lowest BCUT2D eigenvalue weighted by atomic mass is 9.97. The Bertz CT molecular complexity index is 176. The molecular formula is C11H21F2N. The van der Waals surface area contributed by atoms with Gasteiger partial charge in [-0.15, -0.1) is 0 Å². The number of hydrogen-bond acceptors (Lipinski definition) is 1. The van der Waals surface area contributed by atoms with Crippen molar-refractivity contribution in [2.24, 2.45) is 5.92 Å². The maximum absolute atomic E-state index is 13.2. The lowest BCUT2D eigenvalue weighted by Gasteiger charge is -2.17. The van der Waals surface area contributed by atoms with Gasteiger partial charge in [0.2, 0.25) is 5.92 Å². The predicted molar refractivity (Wildman–Crippen MR) is 56.7 cm³/mol. The van der Waals surface area contributed by atoms with Gasteiger partial charge in [-0.25, -0.2) is 8.78 Å². The molecule has 0 unspecified atom stereocenters. The van der Waals surface area contributed by atoms with E-state index in [1.165, 1.54) is 0 Å². The minimum atomic E-state index is -2.55. The normalized spacial score (nSPS) is 12.1. The van der Waals surface area contributed by atoms with Crippen molar-refractivity contribution < 1.29 is 8.78 Å². The summed E-state index contributed by atoms with van der Waals surface area (Å²) < 4.78 is 26.3. The quantitative estimate of drug-likeness (QED) is 0.629. The van der Waals surface area contributed by atoms with Crippen molar-refractivity contribution in [3.8, 4) is 0 Å². The summed E-state index contributed by atoms with van der Waals surface area (Å²) in [6.07, 6.45) is 0.259. The van der Waals surface area contributed by atoms with Gasteiger partial charge in [0.15, 0.2) is 0 Å². The Balaban J connectivity index is 3.80. The van der Waals surface area contributed by atoms with E-state index in [0.717, 1.165) is 5.57 Å². The van der Waals surface area contributed by atoms with E-state index < -0.39 is 5.92 Å². The molecule has 3 heteroatoms. The maximum Gasteiger partial charge on any atom is 0.249 e. The van der Waals surface area contributed by atoms with E-state index >= 15 is 0 Å². The molecule has 1 nitrogen and oxygen atoms in total.